The number of carbonyl (C=O) groups is 1. The lowest BCUT2D eigenvalue weighted by Crippen LogP contribution is -2.40. The van der Waals surface area contributed by atoms with Gasteiger partial charge in [-0.25, -0.2) is 23.9 Å². The number of fused-ring (bicyclic) bond motifs is 2. The van der Waals surface area contributed by atoms with E-state index in [0.29, 0.717) is 36.1 Å². The summed E-state index contributed by atoms with van der Waals surface area (Å²) in [6.07, 6.45) is 5.79. The predicted octanol–water partition coefficient (Wildman–Crippen LogP) is -0.461. The van der Waals surface area contributed by atoms with Gasteiger partial charge in [0.15, 0.2) is 17.1 Å². The molecule has 0 unspecified atom stereocenters. The van der Waals surface area contributed by atoms with Crippen molar-refractivity contribution in [1.29, 1.82) is 0 Å². The minimum atomic E-state index is -1.79. The predicted molar refractivity (Wildman–Crippen MR) is 148 cm³/mol. The van der Waals surface area contributed by atoms with Gasteiger partial charge in [0, 0.05) is 41.8 Å². The molecule has 10 nitrogen and oxygen atoms in total. The summed E-state index contributed by atoms with van der Waals surface area (Å²) in [5, 5.41) is 12.0. The number of ether oxygens (including phenoxy) is 1. The number of hydrogen-bond acceptors (Lipinski definition) is 8. The molecule has 0 atom stereocenters. The monoisotopic (exact) mass is 498 g/mol. The lowest BCUT2D eigenvalue weighted by Gasteiger charge is -2.28. The first kappa shape index (κ1) is 23.7. The van der Waals surface area contributed by atoms with Gasteiger partial charge in [-0.1, -0.05) is 0 Å². The maximum absolute atomic E-state index is 14.3. The Balaban J connectivity index is 1.42. The topological polar surface area (TPSA) is 110 Å². The summed E-state index contributed by atoms with van der Waals surface area (Å²) in [5.74, 6) is 0.754. The molecule has 6 rings (SSSR count). The van der Waals surface area contributed by atoms with E-state index in [9.17, 15) is 9.18 Å². The van der Waals surface area contributed by atoms with Gasteiger partial charge in [-0.3, -0.25) is 4.79 Å². The minimum absolute atomic E-state index is 0.235. The lowest BCUT2D eigenvalue weighted by molar-refractivity contribution is -0.122. The van der Waals surface area contributed by atoms with Crippen LogP contribution in [-0.2, 0) is 9.53 Å². The van der Waals surface area contributed by atoms with E-state index >= 15 is 0 Å². The molecule has 1 saturated heterocycles. The average Bonchev–Trinajstić information content (AvgIpc) is 3.49. The molecule has 186 valence electrons. The largest absolute Gasteiger partial charge is 0.387 e. The number of halogens is 1. The van der Waals surface area contributed by atoms with Crippen molar-refractivity contribution >= 4 is 63.2 Å². The van der Waals surface area contributed by atoms with Gasteiger partial charge in [0.25, 0.3) is 5.91 Å². The quantitative estimate of drug-likeness (QED) is 0.344. The van der Waals surface area contributed by atoms with Gasteiger partial charge in [0.2, 0.25) is 0 Å². The maximum Gasteiger partial charge on any atom is 0.263 e. The highest BCUT2D eigenvalue weighted by Gasteiger charge is 2.51. The van der Waals surface area contributed by atoms with E-state index in [2.05, 4.69) is 25.5 Å². The van der Waals surface area contributed by atoms with Crippen molar-refractivity contribution in [2.75, 3.05) is 41.8 Å². The van der Waals surface area contributed by atoms with Crippen molar-refractivity contribution < 1.29 is 13.9 Å². The normalized spacial score (nSPS) is 17.2. The number of carbonyl (C=O) groups excluding carboxylic acids is 1. The summed E-state index contributed by atoms with van der Waals surface area (Å²) >= 11 is 0. The van der Waals surface area contributed by atoms with Crippen LogP contribution in [0.1, 0.15) is 12.8 Å². The number of alkyl halides is 1. The standard InChI is InChI=1S/C23H26B3FN8O2/c24-23(25,26)32-19-15-10-28-17(30-21(36)22(27)3-4-22)9-14(15)16(11-29-19)20-31-18-2-1-13(12-35(18)33-20)34-5-7-37-8-6-34/h1-2,9-12H,3-8,24-26H2,(H,29,32)(H,28,30,36). The fraction of sp³-hybridized carbons (Fsp3) is 0.348. The van der Waals surface area contributed by atoms with E-state index in [1.54, 1.807) is 23.0 Å². The molecule has 37 heavy (non-hydrogen) atoms. The van der Waals surface area contributed by atoms with E-state index < -0.39 is 11.6 Å². The highest BCUT2D eigenvalue weighted by molar-refractivity contribution is 6.60. The first-order valence-corrected chi connectivity index (χ1v) is 12.5. The summed E-state index contributed by atoms with van der Waals surface area (Å²) in [6.45, 7) is 3.05. The molecule has 1 aliphatic carbocycles. The van der Waals surface area contributed by atoms with Crippen LogP contribution in [0.4, 0.5) is 21.7 Å². The van der Waals surface area contributed by atoms with Crippen LogP contribution in [0, 0.1) is 0 Å². The average molecular weight is 498 g/mol. The van der Waals surface area contributed by atoms with Gasteiger partial charge in [0.05, 0.1) is 25.1 Å². The molecule has 2 N–H and O–H groups in total. The number of hydrogen-bond donors (Lipinski definition) is 2. The summed E-state index contributed by atoms with van der Waals surface area (Å²) < 4.78 is 21.5. The lowest BCUT2D eigenvalue weighted by atomic mass is 9.49. The Morgan fingerprint density at radius 1 is 1.11 bits per heavy atom. The van der Waals surface area contributed by atoms with Crippen molar-refractivity contribution in [3.63, 3.8) is 0 Å². The zero-order valence-electron chi connectivity index (χ0n) is 21.1. The number of pyridine rings is 3. The van der Waals surface area contributed by atoms with Crippen LogP contribution in [-0.4, -0.2) is 91.2 Å². The van der Waals surface area contributed by atoms with Crippen LogP contribution >= 0.6 is 0 Å². The third kappa shape index (κ3) is 4.73. The summed E-state index contributed by atoms with van der Waals surface area (Å²) in [4.78, 5) is 28.4. The highest BCUT2D eigenvalue weighted by Crippen LogP contribution is 2.41. The van der Waals surface area contributed by atoms with Crippen molar-refractivity contribution in [3.8, 4) is 11.4 Å². The Bertz CT molecular complexity index is 1520. The number of rotatable bonds is 6. The summed E-state index contributed by atoms with van der Waals surface area (Å²) in [6, 6.07) is 5.71. The van der Waals surface area contributed by atoms with E-state index in [-0.39, 0.29) is 23.9 Å². The Kier molecular flexibility index (Phi) is 5.59. The molecule has 14 heteroatoms. The maximum atomic E-state index is 14.3. The highest BCUT2D eigenvalue weighted by atomic mass is 19.1. The molecular formula is C23H26B3FN8O2. The Morgan fingerprint density at radius 3 is 2.62 bits per heavy atom. The SMILES string of the molecule is BC(B)(B)Nc1ncc(-c2nc3ccc(N4CCOCC4)cn3n2)c2cc(NC(=O)C3(F)CC3)ncc12. The molecule has 0 aromatic carbocycles. The second kappa shape index (κ2) is 8.72. The van der Waals surface area contributed by atoms with Crippen LogP contribution in [0.2, 0.25) is 0 Å². The van der Waals surface area contributed by atoms with E-state index in [0.717, 1.165) is 29.5 Å². The molecular weight excluding hydrogens is 472 g/mol. The number of anilines is 3. The molecule has 1 amide bonds. The zero-order chi connectivity index (χ0) is 25.8. The number of nitrogens with one attached hydrogen (secondary N) is 2. The third-order valence-electron chi connectivity index (χ3n) is 6.54. The van der Waals surface area contributed by atoms with E-state index in [1.807, 2.05) is 41.9 Å². The molecule has 1 saturated carbocycles. The van der Waals surface area contributed by atoms with Crippen molar-refractivity contribution in [1.82, 2.24) is 24.6 Å². The summed E-state index contributed by atoms with van der Waals surface area (Å²) in [7, 11) is 6.13. The number of nitrogens with zero attached hydrogens (tertiary/aromatic N) is 6. The summed E-state index contributed by atoms with van der Waals surface area (Å²) in [5.41, 5.74) is 0.644. The van der Waals surface area contributed by atoms with Crippen molar-refractivity contribution in [2.45, 2.75) is 23.7 Å². The molecule has 0 spiro atoms. The smallest absolute Gasteiger partial charge is 0.263 e. The van der Waals surface area contributed by atoms with Gasteiger partial charge in [-0.2, -0.15) is 0 Å². The fourth-order valence-electron chi connectivity index (χ4n) is 4.40. The molecule has 0 bridgehead atoms. The second-order valence-corrected chi connectivity index (χ2v) is 10.7. The molecule has 5 heterocycles. The zero-order valence-corrected chi connectivity index (χ0v) is 21.1. The van der Waals surface area contributed by atoms with E-state index in [4.69, 9.17) is 14.8 Å². The number of morpholine rings is 1. The molecule has 0 radical (unpaired) electrons. The fourth-order valence-corrected chi connectivity index (χ4v) is 4.40. The van der Waals surface area contributed by atoms with Crippen molar-refractivity contribution in [3.05, 3.63) is 36.8 Å². The van der Waals surface area contributed by atoms with Gasteiger partial charge in [-0.05, 0) is 36.3 Å². The van der Waals surface area contributed by atoms with Crippen molar-refractivity contribution in [2.24, 2.45) is 0 Å². The van der Waals surface area contributed by atoms with Crippen LogP contribution in [0.15, 0.2) is 36.8 Å². The Hall–Kier alpha value is -3.67. The molecule has 2 aliphatic rings. The van der Waals surface area contributed by atoms with Crippen LogP contribution < -0.4 is 15.5 Å². The van der Waals surface area contributed by atoms with Crippen LogP contribution in [0.25, 0.3) is 27.8 Å². The van der Waals surface area contributed by atoms with Crippen LogP contribution in [0.5, 0.6) is 0 Å². The van der Waals surface area contributed by atoms with Gasteiger partial charge < -0.3 is 20.3 Å². The van der Waals surface area contributed by atoms with E-state index in [1.165, 1.54) is 0 Å². The Labute approximate surface area is 215 Å². The molecule has 1 aliphatic heterocycles. The Morgan fingerprint density at radius 2 is 1.89 bits per heavy atom. The van der Waals surface area contributed by atoms with Crippen LogP contribution in [0.3, 0.4) is 0 Å². The molecule has 4 aromatic heterocycles. The first-order valence-electron chi connectivity index (χ1n) is 12.5. The molecule has 2 fully saturated rings. The minimum Gasteiger partial charge on any atom is -0.387 e. The molecule has 4 aromatic rings. The van der Waals surface area contributed by atoms with Gasteiger partial charge in [0.1, 0.15) is 35.2 Å². The van der Waals surface area contributed by atoms with Gasteiger partial charge in [-0.15, -0.1) is 5.10 Å². The second-order valence-electron chi connectivity index (χ2n) is 10.7. The number of aromatic nitrogens is 5. The number of amides is 1. The van der Waals surface area contributed by atoms with Gasteiger partial charge >= 0.3 is 0 Å². The first-order chi connectivity index (χ1) is 17.7. The third-order valence-corrected chi connectivity index (χ3v) is 6.54.